The van der Waals surface area contributed by atoms with Crippen LogP contribution in [-0.2, 0) is 0 Å². The van der Waals surface area contributed by atoms with E-state index in [1.807, 2.05) is 0 Å². The Labute approximate surface area is 70.0 Å². The molecule has 62 valence electrons. The summed E-state index contributed by atoms with van der Waals surface area (Å²) < 4.78 is 0. The molecule has 0 heterocycles. The summed E-state index contributed by atoms with van der Waals surface area (Å²) >= 11 is 5.73. The van der Waals surface area contributed by atoms with Gasteiger partial charge < -0.3 is 0 Å². The van der Waals surface area contributed by atoms with Crippen LogP contribution in [0.3, 0.4) is 0 Å². The summed E-state index contributed by atoms with van der Waals surface area (Å²) in [6, 6.07) is 0. The normalized spacial score (nSPS) is 17.4. The molecule has 0 bridgehead atoms. The van der Waals surface area contributed by atoms with Gasteiger partial charge in [-0.3, -0.25) is 0 Å². The van der Waals surface area contributed by atoms with Crippen molar-refractivity contribution in [1.82, 2.24) is 0 Å². The number of rotatable bonds is 4. The number of alkyl halides is 1. The molecule has 0 aliphatic carbocycles. The highest BCUT2D eigenvalue weighted by atomic mass is 35.5. The maximum absolute atomic E-state index is 5.73. The Morgan fingerprint density at radius 3 is 1.80 bits per heavy atom. The second kappa shape index (κ2) is 5.01. The predicted molar refractivity (Wildman–Crippen MR) is 48.5 cm³/mol. The molecule has 0 aromatic carbocycles. The van der Waals surface area contributed by atoms with Crippen molar-refractivity contribution in [3.05, 3.63) is 0 Å². The average molecular weight is 163 g/mol. The van der Waals surface area contributed by atoms with Crippen LogP contribution in [0.4, 0.5) is 0 Å². The van der Waals surface area contributed by atoms with Gasteiger partial charge in [-0.1, -0.05) is 27.7 Å². The van der Waals surface area contributed by atoms with E-state index in [9.17, 15) is 0 Å². The Bertz CT molecular complexity index is 78.8. The summed E-state index contributed by atoms with van der Waals surface area (Å²) in [5.41, 5.74) is 0. The van der Waals surface area contributed by atoms with Crippen molar-refractivity contribution < 1.29 is 0 Å². The van der Waals surface area contributed by atoms with Gasteiger partial charge in [-0.2, -0.15) is 0 Å². The third kappa shape index (κ3) is 4.16. The molecule has 1 heteroatoms. The van der Waals surface area contributed by atoms with E-state index in [0.717, 1.165) is 17.7 Å². The van der Waals surface area contributed by atoms with Crippen LogP contribution in [0.2, 0.25) is 0 Å². The lowest BCUT2D eigenvalue weighted by Crippen LogP contribution is -2.11. The lowest BCUT2D eigenvalue weighted by atomic mass is 9.89. The van der Waals surface area contributed by atoms with Gasteiger partial charge in [0, 0.05) is 5.88 Å². The first-order valence-electron chi connectivity index (χ1n) is 4.13. The molecule has 0 N–H and O–H groups in total. The van der Waals surface area contributed by atoms with Gasteiger partial charge in [0.15, 0.2) is 0 Å². The zero-order chi connectivity index (χ0) is 8.15. The number of hydrogen-bond acceptors (Lipinski definition) is 0. The molecule has 0 spiro atoms. The van der Waals surface area contributed by atoms with E-state index in [0.29, 0.717) is 5.92 Å². The molecule has 10 heavy (non-hydrogen) atoms. The third-order valence-corrected chi connectivity index (χ3v) is 2.54. The van der Waals surface area contributed by atoms with Crippen LogP contribution in [0.15, 0.2) is 0 Å². The van der Waals surface area contributed by atoms with Gasteiger partial charge in [-0.25, -0.2) is 0 Å². The molecular formula is C9H19Cl. The van der Waals surface area contributed by atoms with Gasteiger partial charge in [0.2, 0.25) is 0 Å². The first-order valence-corrected chi connectivity index (χ1v) is 4.67. The largest absolute Gasteiger partial charge is 0.126 e. The van der Waals surface area contributed by atoms with Crippen LogP contribution in [0.5, 0.6) is 0 Å². The molecule has 0 aliphatic heterocycles. The molecule has 0 saturated carbocycles. The van der Waals surface area contributed by atoms with Crippen molar-refractivity contribution >= 4 is 11.6 Å². The first-order chi connectivity index (χ1) is 4.57. The second-order valence-corrected chi connectivity index (χ2v) is 4.05. The van der Waals surface area contributed by atoms with E-state index in [2.05, 4.69) is 27.7 Å². The molecule has 0 fully saturated rings. The van der Waals surface area contributed by atoms with Crippen molar-refractivity contribution in [2.75, 3.05) is 5.88 Å². The van der Waals surface area contributed by atoms with Crippen molar-refractivity contribution in [1.29, 1.82) is 0 Å². The molecule has 0 aliphatic rings. The molecule has 2 unspecified atom stereocenters. The predicted octanol–water partition coefficient (Wildman–Crippen LogP) is 3.54. The van der Waals surface area contributed by atoms with Crippen molar-refractivity contribution in [3.8, 4) is 0 Å². The minimum Gasteiger partial charge on any atom is -0.126 e. The standard InChI is InChI=1S/C9H19Cl/c1-7(2)5-8(3)9(4)6-10/h7-9H,5-6H2,1-4H3. The minimum atomic E-state index is 0.670. The highest BCUT2D eigenvalue weighted by molar-refractivity contribution is 6.18. The Morgan fingerprint density at radius 2 is 1.50 bits per heavy atom. The van der Waals surface area contributed by atoms with Crippen molar-refractivity contribution in [2.45, 2.75) is 34.1 Å². The van der Waals surface area contributed by atoms with E-state index in [4.69, 9.17) is 11.6 Å². The molecular weight excluding hydrogens is 144 g/mol. The van der Waals surface area contributed by atoms with Crippen LogP contribution in [0.1, 0.15) is 34.1 Å². The highest BCUT2D eigenvalue weighted by Crippen LogP contribution is 2.20. The van der Waals surface area contributed by atoms with E-state index in [1.165, 1.54) is 6.42 Å². The van der Waals surface area contributed by atoms with Crippen LogP contribution in [-0.4, -0.2) is 5.88 Å². The summed E-state index contributed by atoms with van der Waals surface area (Å²) in [6.45, 7) is 9.03. The Hall–Kier alpha value is 0.290. The second-order valence-electron chi connectivity index (χ2n) is 3.74. The summed E-state index contributed by atoms with van der Waals surface area (Å²) in [7, 11) is 0. The summed E-state index contributed by atoms with van der Waals surface area (Å²) in [5.74, 6) is 3.05. The Morgan fingerprint density at radius 1 is 1.00 bits per heavy atom. The summed E-state index contributed by atoms with van der Waals surface area (Å²) in [4.78, 5) is 0. The van der Waals surface area contributed by atoms with Gasteiger partial charge in [0.25, 0.3) is 0 Å². The van der Waals surface area contributed by atoms with Crippen LogP contribution in [0, 0.1) is 17.8 Å². The lowest BCUT2D eigenvalue weighted by molar-refractivity contribution is 0.347. The fourth-order valence-electron chi connectivity index (χ4n) is 1.13. The maximum atomic E-state index is 5.73. The Balaban J connectivity index is 3.50. The first kappa shape index (κ1) is 10.3. The monoisotopic (exact) mass is 162 g/mol. The minimum absolute atomic E-state index is 0.670. The quantitative estimate of drug-likeness (QED) is 0.555. The molecule has 0 rings (SSSR count). The number of hydrogen-bond donors (Lipinski definition) is 0. The fraction of sp³-hybridized carbons (Fsp3) is 1.00. The molecule has 2 atom stereocenters. The average Bonchev–Trinajstić information content (AvgIpc) is 1.85. The molecule has 0 aromatic rings. The fourth-order valence-corrected chi connectivity index (χ4v) is 1.43. The summed E-state index contributed by atoms with van der Waals surface area (Å²) in [6.07, 6.45) is 1.30. The van der Waals surface area contributed by atoms with Crippen molar-refractivity contribution in [2.24, 2.45) is 17.8 Å². The van der Waals surface area contributed by atoms with Crippen molar-refractivity contribution in [3.63, 3.8) is 0 Å². The smallest absolute Gasteiger partial charge is 0.0251 e. The van der Waals surface area contributed by atoms with Crippen LogP contribution in [0.25, 0.3) is 0 Å². The van der Waals surface area contributed by atoms with Crippen LogP contribution >= 0.6 is 11.6 Å². The van der Waals surface area contributed by atoms with E-state index in [-0.39, 0.29) is 0 Å². The highest BCUT2D eigenvalue weighted by Gasteiger charge is 2.11. The zero-order valence-electron chi connectivity index (χ0n) is 7.52. The Kier molecular flexibility index (Phi) is 5.15. The van der Waals surface area contributed by atoms with E-state index in [1.54, 1.807) is 0 Å². The van der Waals surface area contributed by atoms with Gasteiger partial charge >= 0.3 is 0 Å². The maximum Gasteiger partial charge on any atom is 0.0251 e. The number of halogens is 1. The summed E-state index contributed by atoms with van der Waals surface area (Å²) in [5, 5.41) is 0. The van der Waals surface area contributed by atoms with Gasteiger partial charge in [0.05, 0.1) is 0 Å². The zero-order valence-corrected chi connectivity index (χ0v) is 8.28. The molecule has 0 saturated heterocycles. The van der Waals surface area contributed by atoms with Gasteiger partial charge in [-0.05, 0) is 24.2 Å². The van der Waals surface area contributed by atoms with Gasteiger partial charge in [-0.15, -0.1) is 11.6 Å². The van der Waals surface area contributed by atoms with Gasteiger partial charge in [0.1, 0.15) is 0 Å². The molecule has 0 aromatic heterocycles. The lowest BCUT2D eigenvalue weighted by Gasteiger charge is -2.18. The van der Waals surface area contributed by atoms with E-state index >= 15 is 0 Å². The molecule has 0 nitrogen and oxygen atoms in total. The molecule has 0 amide bonds. The molecule has 0 radical (unpaired) electrons. The SMILES string of the molecule is CC(C)CC(C)C(C)CCl. The van der Waals surface area contributed by atoms with E-state index < -0.39 is 0 Å². The third-order valence-electron chi connectivity index (χ3n) is 2.06. The van der Waals surface area contributed by atoms with Crippen LogP contribution < -0.4 is 0 Å². The topological polar surface area (TPSA) is 0 Å².